The van der Waals surface area contributed by atoms with Crippen molar-refractivity contribution in [2.75, 3.05) is 20.6 Å². The Hall–Kier alpha value is -1.24. The summed E-state index contributed by atoms with van der Waals surface area (Å²) in [6.07, 6.45) is 0.361. The molecule has 0 fully saturated rings. The average molecular weight is 141 g/mol. The highest BCUT2D eigenvalue weighted by molar-refractivity contribution is 5.73. The standard InChI is InChI=1S/C6H11N3O/c1-9(2)6(10)8-5-3-4-7/h3,5H2,1-2H3,(H,8,10). The van der Waals surface area contributed by atoms with E-state index in [1.54, 1.807) is 14.1 Å². The number of amides is 2. The van der Waals surface area contributed by atoms with Gasteiger partial charge < -0.3 is 10.2 Å². The lowest BCUT2D eigenvalue weighted by Crippen LogP contribution is -2.34. The van der Waals surface area contributed by atoms with E-state index in [0.29, 0.717) is 13.0 Å². The quantitative estimate of drug-likeness (QED) is 0.557. The summed E-state index contributed by atoms with van der Waals surface area (Å²) >= 11 is 0. The first kappa shape index (κ1) is 8.76. The number of hydrogen-bond donors (Lipinski definition) is 1. The van der Waals surface area contributed by atoms with Crippen LogP contribution in [0.3, 0.4) is 0 Å². The highest BCUT2D eigenvalue weighted by atomic mass is 16.2. The molecule has 2 amide bonds. The van der Waals surface area contributed by atoms with Crippen molar-refractivity contribution in [2.45, 2.75) is 6.42 Å². The second-order valence-electron chi connectivity index (χ2n) is 2.03. The molecule has 56 valence electrons. The predicted octanol–water partition coefficient (Wildman–Crippen LogP) is 0.171. The second kappa shape index (κ2) is 4.62. The first-order valence-electron chi connectivity index (χ1n) is 3.00. The molecule has 0 aliphatic carbocycles. The first-order chi connectivity index (χ1) is 4.68. The largest absolute Gasteiger partial charge is 0.337 e. The van der Waals surface area contributed by atoms with Gasteiger partial charge in [0.05, 0.1) is 12.5 Å². The van der Waals surface area contributed by atoms with Crippen molar-refractivity contribution in [1.29, 1.82) is 5.26 Å². The molecule has 0 aliphatic heterocycles. The van der Waals surface area contributed by atoms with Gasteiger partial charge in [-0.25, -0.2) is 4.79 Å². The van der Waals surface area contributed by atoms with Gasteiger partial charge in [-0.1, -0.05) is 0 Å². The maximum absolute atomic E-state index is 10.7. The van der Waals surface area contributed by atoms with E-state index in [0.717, 1.165) is 0 Å². The monoisotopic (exact) mass is 141 g/mol. The van der Waals surface area contributed by atoms with Crippen molar-refractivity contribution in [2.24, 2.45) is 0 Å². The summed E-state index contributed by atoms with van der Waals surface area (Å²) in [6.45, 7) is 0.424. The van der Waals surface area contributed by atoms with Gasteiger partial charge in [0.2, 0.25) is 0 Å². The number of nitrogens with one attached hydrogen (secondary N) is 1. The summed E-state index contributed by atoms with van der Waals surface area (Å²) in [5, 5.41) is 10.7. The fourth-order valence-corrected chi connectivity index (χ4v) is 0.383. The molecule has 0 radical (unpaired) electrons. The third kappa shape index (κ3) is 3.72. The van der Waals surface area contributed by atoms with Gasteiger partial charge >= 0.3 is 6.03 Å². The third-order valence-electron chi connectivity index (χ3n) is 0.919. The van der Waals surface area contributed by atoms with E-state index in [1.807, 2.05) is 6.07 Å². The lowest BCUT2D eigenvalue weighted by molar-refractivity contribution is 0.217. The topological polar surface area (TPSA) is 56.1 Å². The number of carbonyl (C=O) groups is 1. The van der Waals surface area contributed by atoms with Crippen LogP contribution in [0.5, 0.6) is 0 Å². The Morgan fingerprint density at radius 3 is 2.70 bits per heavy atom. The van der Waals surface area contributed by atoms with E-state index in [4.69, 9.17) is 5.26 Å². The molecule has 1 N–H and O–H groups in total. The van der Waals surface area contributed by atoms with Crippen LogP contribution in [0.15, 0.2) is 0 Å². The summed E-state index contributed by atoms with van der Waals surface area (Å²) < 4.78 is 0. The molecule has 0 aromatic carbocycles. The van der Waals surface area contributed by atoms with Crippen molar-refractivity contribution in [1.82, 2.24) is 10.2 Å². The Bertz CT molecular complexity index is 148. The van der Waals surface area contributed by atoms with Crippen LogP contribution in [0.4, 0.5) is 4.79 Å². The zero-order chi connectivity index (χ0) is 7.98. The Morgan fingerprint density at radius 1 is 1.70 bits per heavy atom. The van der Waals surface area contributed by atoms with E-state index in [9.17, 15) is 4.79 Å². The third-order valence-corrected chi connectivity index (χ3v) is 0.919. The van der Waals surface area contributed by atoms with Gasteiger partial charge in [0.15, 0.2) is 0 Å². The lowest BCUT2D eigenvalue weighted by atomic mass is 10.5. The minimum absolute atomic E-state index is 0.157. The van der Waals surface area contributed by atoms with Crippen LogP contribution in [0.1, 0.15) is 6.42 Å². The van der Waals surface area contributed by atoms with Gasteiger partial charge in [0, 0.05) is 20.6 Å². The van der Waals surface area contributed by atoms with Crippen LogP contribution >= 0.6 is 0 Å². The van der Waals surface area contributed by atoms with E-state index in [1.165, 1.54) is 4.90 Å². The van der Waals surface area contributed by atoms with E-state index >= 15 is 0 Å². The van der Waals surface area contributed by atoms with Gasteiger partial charge in [-0.3, -0.25) is 0 Å². The van der Waals surface area contributed by atoms with Gasteiger partial charge in [0.1, 0.15) is 0 Å². The summed E-state index contributed by atoms with van der Waals surface area (Å²) in [7, 11) is 3.31. The van der Waals surface area contributed by atoms with Crippen molar-refractivity contribution in [3.05, 3.63) is 0 Å². The molecule has 0 aromatic heterocycles. The van der Waals surface area contributed by atoms with Crippen molar-refractivity contribution in [3.63, 3.8) is 0 Å². The Balaban J connectivity index is 3.33. The number of urea groups is 1. The smallest absolute Gasteiger partial charge is 0.316 e. The van der Waals surface area contributed by atoms with E-state index in [-0.39, 0.29) is 6.03 Å². The number of nitrogens with zero attached hydrogens (tertiary/aromatic N) is 2. The van der Waals surface area contributed by atoms with Crippen LogP contribution in [0.2, 0.25) is 0 Å². The molecule has 0 saturated heterocycles. The Labute approximate surface area is 60.4 Å². The highest BCUT2D eigenvalue weighted by Gasteiger charge is 1.99. The fraction of sp³-hybridized carbons (Fsp3) is 0.667. The first-order valence-corrected chi connectivity index (χ1v) is 3.00. The van der Waals surface area contributed by atoms with Crippen LogP contribution in [0.25, 0.3) is 0 Å². The van der Waals surface area contributed by atoms with Crippen LogP contribution < -0.4 is 5.32 Å². The Morgan fingerprint density at radius 2 is 2.30 bits per heavy atom. The molecule has 0 atom stereocenters. The van der Waals surface area contributed by atoms with E-state index < -0.39 is 0 Å². The van der Waals surface area contributed by atoms with Crippen molar-refractivity contribution < 1.29 is 4.79 Å². The molecule has 0 aliphatic rings. The fourth-order valence-electron chi connectivity index (χ4n) is 0.383. The van der Waals surface area contributed by atoms with E-state index in [2.05, 4.69) is 5.32 Å². The van der Waals surface area contributed by atoms with Gasteiger partial charge in [0.25, 0.3) is 0 Å². The molecule has 0 unspecified atom stereocenters. The summed E-state index contributed by atoms with van der Waals surface area (Å²) in [6, 6.07) is 1.77. The molecule has 0 aromatic rings. The molecule has 0 heterocycles. The SMILES string of the molecule is CN(C)C(=O)NCCC#N. The van der Waals surface area contributed by atoms with Crippen molar-refractivity contribution in [3.8, 4) is 6.07 Å². The molecular weight excluding hydrogens is 130 g/mol. The summed E-state index contributed by atoms with van der Waals surface area (Å²) in [4.78, 5) is 12.2. The molecule has 10 heavy (non-hydrogen) atoms. The molecule has 4 nitrogen and oxygen atoms in total. The zero-order valence-corrected chi connectivity index (χ0v) is 6.22. The zero-order valence-electron chi connectivity index (χ0n) is 6.22. The predicted molar refractivity (Wildman–Crippen MR) is 37.3 cm³/mol. The minimum atomic E-state index is -0.157. The summed E-state index contributed by atoms with van der Waals surface area (Å²) in [5.41, 5.74) is 0. The normalized spacial score (nSPS) is 8.10. The lowest BCUT2D eigenvalue weighted by Gasteiger charge is -2.09. The van der Waals surface area contributed by atoms with Gasteiger partial charge in [-0.2, -0.15) is 5.26 Å². The number of carbonyl (C=O) groups excluding carboxylic acids is 1. The number of nitriles is 1. The van der Waals surface area contributed by atoms with Crippen LogP contribution in [-0.2, 0) is 0 Å². The molecule has 0 saturated carbocycles. The maximum atomic E-state index is 10.7. The number of hydrogen-bond acceptors (Lipinski definition) is 2. The van der Waals surface area contributed by atoms with Gasteiger partial charge in [-0.05, 0) is 0 Å². The maximum Gasteiger partial charge on any atom is 0.316 e. The minimum Gasteiger partial charge on any atom is -0.337 e. The second-order valence-corrected chi connectivity index (χ2v) is 2.03. The molecule has 4 heteroatoms. The molecule has 0 rings (SSSR count). The Kier molecular flexibility index (Phi) is 4.05. The molecule has 0 spiro atoms. The molecular formula is C6H11N3O. The average Bonchev–Trinajstić information content (AvgIpc) is 1.88. The highest BCUT2D eigenvalue weighted by Crippen LogP contribution is 1.77. The summed E-state index contributed by atoms with van der Waals surface area (Å²) in [5.74, 6) is 0. The van der Waals surface area contributed by atoms with Crippen LogP contribution in [-0.4, -0.2) is 31.6 Å². The van der Waals surface area contributed by atoms with Crippen LogP contribution in [0, 0.1) is 11.3 Å². The molecule has 0 bridgehead atoms. The van der Waals surface area contributed by atoms with Gasteiger partial charge in [-0.15, -0.1) is 0 Å². The van der Waals surface area contributed by atoms with Crippen molar-refractivity contribution >= 4 is 6.03 Å². The number of rotatable bonds is 2.